The topological polar surface area (TPSA) is 83.1 Å². The predicted molar refractivity (Wildman–Crippen MR) is 65.7 cm³/mol. The van der Waals surface area contributed by atoms with Crippen LogP contribution in [0.1, 0.15) is 11.4 Å². The molecule has 7 heteroatoms. The van der Waals surface area contributed by atoms with E-state index in [1.54, 1.807) is 18.5 Å². The summed E-state index contributed by atoms with van der Waals surface area (Å²) >= 11 is 0. The molecule has 2 aromatic rings. The number of benzene rings is 1. The smallest absolute Gasteiger partial charge is 0.269 e. The number of hydrogen-bond acceptors (Lipinski definition) is 5. The summed E-state index contributed by atoms with van der Waals surface area (Å²) in [6.45, 7) is 0.918. The molecule has 1 aliphatic rings. The zero-order chi connectivity index (χ0) is 13.5. The molecule has 0 bridgehead atoms. The molecule has 1 aromatic carbocycles. The van der Waals surface area contributed by atoms with Crippen molar-refractivity contribution in [2.24, 2.45) is 7.05 Å². The number of aryl methyl sites for hydroxylation is 1. The average Bonchev–Trinajstić information content (AvgIpc) is 2.75. The highest BCUT2D eigenvalue weighted by atomic mass is 16.6. The minimum Gasteiger partial charge on any atom is -0.378 e. The zero-order valence-corrected chi connectivity index (χ0v) is 10.3. The van der Waals surface area contributed by atoms with Gasteiger partial charge in [-0.15, -0.1) is 10.2 Å². The Bertz CT molecular complexity index is 633. The lowest BCUT2D eigenvalue weighted by Gasteiger charge is -2.40. The molecule has 19 heavy (non-hydrogen) atoms. The van der Waals surface area contributed by atoms with Gasteiger partial charge in [-0.3, -0.25) is 10.1 Å². The SMILES string of the molecule is Cn1cnnc1C1(c2cccc([N+](=O)[O-])c2)COC1. The third kappa shape index (κ3) is 1.70. The van der Waals surface area contributed by atoms with Crippen molar-refractivity contribution in [1.82, 2.24) is 14.8 Å². The number of nitro benzene ring substituents is 1. The van der Waals surface area contributed by atoms with Gasteiger partial charge in [-0.05, 0) is 5.56 Å². The van der Waals surface area contributed by atoms with Crippen LogP contribution in [0.4, 0.5) is 5.69 Å². The van der Waals surface area contributed by atoms with Gasteiger partial charge in [0.05, 0.1) is 18.1 Å². The van der Waals surface area contributed by atoms with Gasteiger partial charge >= 0.3 is 0 Å². The van der Waals surface area contributed by atoms with Crippen LogP contribution < -0.4 is 0 Å². The molecule has 0 atom stereocenters. The van der Waals surface area contributed by atoms with Gasteiger partial charge in [0, 0.05) is 19.2 Å². The van der Waals surface area contributed by atoms with E-state index in [9.17, 15) is 10.1 Å². The molecule has 0 saturated carbocycles. The molecule has 0 N–H and O–H groups in total. The second-order valence-electron chi connectivity index (χ2n) is 4.65. The number of non-ortho nitro benzene ring substituents is 1. The second-order valence-corrected chi connectivity index (χ2v) is 4.65. The summed E-state index contributed by atoms with van der Waals surface area (Å²) in [4.78, 5) is 10.5. The number of nitrogens with zero attached hydrogens (tertiary/aromatic N) is 4. The van der Waals surface area contributed by atoms with E-state index in [1.807, 2.05) is 17.7 Å². The van der Waals surface area contributed by atoms with Gasteiger partial charge in [0.1, 0.15) is 17.6 Å². The van der Waals surface area contributed by atoms with Crippen molar-refractivity contribution in [2.75, 3.05) is 13.2 Å². The van der Waals surface area contributed by atoms with E-state index in [-0.39, 0.29) is 5.69 Å². The monoisotopic (exact) mass is 260 g/mol. The van der Waals surface area contributed by atoms with Crippen LogP contribution >= 0.6 is 0 Å². The summed E-state index contributed by atoms with van der Waals surface area (Å²) in [6, 6.07) is 6.61. The minimum atomic E-state index is -0.433. The molecule has 1 aromatic heterocycles. The second kappa shape index (κ2) is 4.13. The van der Waals surface area contributed by atoms with E-state index in [0.717, 1.165) is 11.4 Å². The molecule has 1 fully saturated rings. The lowest BCUT2D eigenvalue weighted by Crippen LogP contribution is -2.49. The maximum atomic E-state index is 10.9. The van der Waals surface area contributed by atoms with Gasteiger partial charge in [0.2, 0.25) is 0 Å². The van der Waals surface area contributed by atoms with E-state index in [0.29, 0.717) is 13.2 Å². The van der Waals surface area contributed by atoms with E-state index in [4.69, 9.17) is 4.74 Å². The summed E-state index contributed by atoms with van der Waals surface area (Å²) < 4.78 is 7.14. The summed E-state index contributed by atoms with van der Waals surface area (Å²) in [5, 5.41) is 18.9. The highest BCUT2D eigenvalue weighted by Crippen LogP contribution is 2.38. The Kier molecular flexibility index (Phi) is 2.56. The molecule has 3 rings (SSSR count). The van der Waals surface area contributed by atoms with Gasteiger partial charge in [-0.2, -0.15) is 0 Å². The average molecular weight is 260 g/mol. The lowest BCUT2D eigenvalue weighted by molar-refractivity contribution is -0.385. The van der Waals surface area contributed by atoms with Crippen molar-refractivity contribution in [3.05, 3.63) is 52.1 Å². The standard InChI is InChI=1S/C12H12N4O3/c1-15-8-13-14-11(15)12(6-19-7-12)9-3-2-4-10(5-9)16(17)18/h2-5,8H,6-7H2,1H3. The van der Waals surface area contributed by atoms with Gasteiger partial charge in [0.15, 0.2) is 0 Å². The van der Waals surface area contributed by atoms with E-state index in [1.165, 1.54) is 6.07 Å². The third-order valence-electron chi connectivity index (χ3n) is 3.45. The fourth-order valence-electron chi connectivity index (χ4n) is 2.36. The van der Waals surface area contributed by atoms with Gasteiger partial charge in [-0.1, -0.05) is 12.1 Å². The van der Waals surface area contributed by atoms with Crippen LogP contribution in [0.2, 0.25) is 0 Å². The first kappa shape index (κ1) is 11.8. The summed E-state index contributed by atoms with van der Waals surface area (Å²) in [5.74, 6) is 0.763. The maximum absolute atomic E-state index is 10.9. The quantitative estimate of drug-likeness (QED) is 0.608. The number of hydrogen-bond donors (Lipinski definition) is 0. The maximum Gasteiger partial charge on any atom is 0.269 e. The molecule has 2 heterocycles. The Balaban J connectivity index is 2.10. The molecule has 0 spiro atoms. The molecular formula is C12H12N4O3. The molecular weight excluding hydrogens is 248 g/mol. The molecule has 0 aliphatic carbocycles. The molecule has 7 nitrogen and oxygen atoms in total. The first-order valence-corrected chi connectivity index (χ1v) is 5.81. The molecule has 0 unspecified atom stereocenters. The van der Waals surface area contributed by atoms with Crippen LogP contribution in [-0.2, 0) is 17.2 Å². The Morgan fingerprint density at radius 3 is 2.79 bits per heavy atom. The number of rotatable bonds is 3. The van der Waals surface area contributed by atoms with Crippen LogP contribution in [-0.4, -0.2) is 32.9 Å². The molecule has 0 amide bonds. The van der Waals surface area contributed by atoms with Crippen molar-refractivity contribution in [1.29, 1.82) is 0 Å². The lowest BCUT2D eigenvalue weighted by atomic mass is 9.77. The van der Waals surface area contributed by atoms with Gasteiger partial charge in [0.25, 0.3) is 5.69 Å². The highest BCUT2D eigenvalue weighted by Gasteiger charge is 2.46. The predicted octanol–water partition coefficient (Wildman–Crippen LogP) is 1.04. The fourth-order valence-corrected chi connectivity index (χ4v) is 2.36. The van der Waals surface area contributed by atoms with Crippen molar-refractivity contribution in [2.45, 2.75) is 5.41 Å². The summed E-state index contributed by atoms with van der Waals surface area (Å²) in [5.41, 5.74) is 0.479. The van der Waals surface area contributed by atoms with E-state index in [2.05, 4.69) is 10.2 Å². The molecule has 1 aliphatic heterocycles. The molecule has 0 radical (unpaired) electrons. The van der Waals surface area contributed by atoms with Crippen LogP contribution in [0.15, 0.2) is 30.6 Å². The number of nitro groups is 1. The normalized spacial score (nSPS) is 16.9. The van der Waals surface area contributed by atoms with Crippen molar-refractivity contribution < 1.29 is 9.66 Å². The number of aromatic nitrogens is 3. The first-order valence-electron chi connectivity index (χ1n) is 5.81. The Morgan fingerprint density at radius 1 is 1.47 bits per heavy atom. The fraction of sp³-hybridized carbons (Fsp3) is 0.333. The Morgan fingerprint density at radius 2 is 2.26 bits per heavy atom. The van der Waals surface area contributed by atoms with Crippen LogP contribution in [0.3, 0.4) is 0 Å². The van der Waals surface area contributed by atoms with Gasteiger partial charge < -0.3 is 9.30 Å². The Labute approximate surface area is 109 Å². The van der Waals surface area contributed by atoms with Crippen molar-refractivity contribution >= 4 is 5.69 Å². The van der Waals surface area contributed by atoms with Gasteiger partial charge in [-0.25, -0.2) is 0 Å². The number of ether oxygens (including phenoxy) is 1. The largest absolute Gasteiger partial charge is 0.378 e. The summed E-state index contributed by atoms with van der Waals surface area (Å²) in [7, 11) is 1.85. The minimum absolute atomic E-state index is 0.0749. The molecule has 1 saturated heterocycles. The van der Waals surface area contributed by atoms with Crippen molar-refractivity contribution in [3.63, 3.8) is 0 Å². The third-order valence-corrected chi connectivity index (χ3v) is 3.45. The van der Waals surface area contributed by atoms with Crippen LogP contribution in [0.5, 0.6) is 0 Å². The van der Waals surface area contributed by atoms with E-state index >= 15 is 0 Å². The Hall–Kier alpha value is -2.28. The van der Waals surface area contributed by atoms with Crippen LogP contribution in [0, 0.1) is 10.1 Å². The highest BCUT2D eigenvalue weighted by molar-refractivity contribution is 5.43. The zero-order valence-electron chi connectivity index (χ0n) is 10.3. The van der Waals surface area contributed by atoms with E-state index < -0.39 is 10.3 Å². The van der Waals surface area contributed by atoms with Crippen molar-refractivity contribution in [3.8, 4) is 0 Å². The van der Waals surface area contributed by atoms with Crippen LogP contribution in [0.25, 0.3) is 0 Å². The summed E-state index contributed by atoms with van der Waals surface area (Å²) in [6.07, 6.45) is 1.62. The first-order chi connectivity index (χ1) is 9.13. The molecule has 98 valence electrons.